The van der Waals surface area contributed by atoms with Gasteiger partial charge >= 0.3 is 0 Å². The smallest absolute Gasteiger partial charge is 0.177 e. The van der Waals surface area contributed by atoms with E-state index in [1.54, 1.807) is 45.0 Å². The molecule has 0 radical (unpaired) electrons. The molecule has 0 heterocycles. The Morgan fingerprint density at radius 3 is 2.06 bits per heavy atom. The number of benzene rings is 1. The van der Waals surface area contributed by atoms with Crippen molar-refractivity contribution in [1.29, 1.82) is 0 Å². The zero-order valence-corrected chi connectivity index (χ0v) is 12.4. The van der Waals surface area contributed by atoms with E-state index in [1.807, 2.05) is 0 Å². The van der Waals surface area contributed by atoms with Crippen molar-refractivity contribution in [3.8, 4) is 0 Å². The number of Topliss-reactive ketones (excluding diaryl/α,β-unsaturated/α-hetero) is 1. The lowest BCUT2D eigenvalue weighted by molar-refractivity contribution is 0.102. The first kappa shape index (κ1) is 14.4. The van der Waals surface area contributed by atoms with Gasteiger partial charge in [-0.3, -0.25) is 4.79 Å². The highest BCUT2D eigenvalue weighted by atomic mass is 79.9. The molecule has 0 saturated carbocycles. The highest BCUT2D eigenvalue weighted by molar-refractivity contribution is 9.10. The second-order valence-electron chi connectivity index (χ2n) is 4.80. The van der Waals surface area contributed by atoms with Gasteiger partial charge < -0.3 is 0 Å². The molecule has 5 heteroatoms. The Kier molecular flexibility index (Phi) is 4.15. The summed E-state index contributed by atoms with van der Waals surface area (Å²) >= 11 is 3.26. The van der Waals surface area contributed by atoms with Crippen molar-refractivity contribution in [2.45, 2.75) is 25.5 Å². The van der Waals surface area contributed by atoms with Crippen molar-refractivity contribution >= 4 is 31.6 Å². The largest absolute Gasteiger partial charge is 0.293 e. The standard InChI is InChI=1S/C12H15BrO3S/c1-12(2,3)17(15,16)8-11(14)9-4-6-10(13)7-5-9/h4-7H,8H2,1-3H3. The molecule has 0 spiro atoms. The van der Waals surface area contributed by atoms with Crippen molar-refractivity contribution in [3.05, 3.63) is 34.3 Å². The van der Waals surface area contributed by atoms with E-state index in [9.17, 15) is 13.2 Å². The summed E-state index contributed by atoms with van der Waals surface area (Å²) in [5.41, 5.74) is 0.418. The maximum atomic E-state index is 11.9. The first-order chi connectivity index (χ1) is 7.63. The molecule has 0 fully saturated rings. The molecular weight excluding hydrogens is 304 g/mol. The van der Waals surface area contributed by atoms with Crippen LogP contribution in [-0.4, -0.2) is 24.7 Å². The molecule has 0 atom stereocenters. The van der Waals surface area contributed by atoms with Crippen molar-refractivity contribution in [2.75, 3.05) is 5.75 Å². The molecule has 1 rings (SSSR count). The van der Waals surface area contributed by atoms with E-state index in [0.717, 1.165) is 4.47 Å². The SMILES string of the molecule is CC(C)(C)S(=O)(=O)CC(=O)c1ccc(Br)cc1. The van der Waals surface area contributed by atoms with E-state index in [2.05, 4.69) is 15.9 Å². The zero-order chi connectivity index (χ0) is 13.3. The van der Waals surface area contributed by atoms with Crippen LogP contribution in [0.1, 0.15) is 31.1 Å². The molecule has 0 amide bonds. The summed E-state index contributed by atoms with van der Waals surface area (Å²) in [6.45, 7) is 4.78. The maximum Gasteiger partial charge on any atom is 0.177 e. The van der Waals surface area contributed by atoms with Crippen LogP contribution in [0.25, 0.3) is 0 Å². The van der Waals surface area contributed by atoms with Gasteiger partial charge in [-0.1, -0.05) is 28.1 Å². The van der Waals surface area contributed by atoms with E-state index in [-0.39, 0.29) is 5.78 Å². The van der Waals surface area contributed by atoms with Crippen molar-refractivity contribution < 1.29 is 13.2 Å². The Bertz CT molecular complexity index is 510. The summed E-state index contributed by atoms with van der Waals surface area (Å²) < 4.78 is 23.7. The molecule has 0 unspecified atom stereocenters. The molecule has 0 aliphatic rings. The van der Waals surface area contributed by atoms with Crippen LogP contribution >= 0.6 is 15.9 Å². The third-order valence-corrected chi connectivity index (χ3v) is 5.46. The second kappa shape index (κ2) is 4.90. The van der Waals surface area contributed by atoms with E-state index < -0.39 is 20.3 Å². The van der Waals surface area contributed by atoms with Crippen LogP contribution in [0.15, 0.2) is 28.7 Å². The Morgan fingerprint density at radius 1 is 1.18 bits per heavy atom. The monoisotopic (exact) mass is 318 g/mol. The molecule has 1 aromatic carbocycles. The molecule has 0 aliphatic carbocycles. The third kappa shape index (κ3) is 3.64. The number of hydrogen-bond donors (Lipinski definition) is 0. The predicted molar refractivity (Wildman–Crippen MR) is 72.0 cm³/mol. The number of carbonyl (C=O) groups is 1. The van der Waals surface area contributed by atoms with Crippen LogP contribution in [0.5, 0.6) is 0 Å². The summed E-state index contributed by atoms with van der Waals surface area (Å²) in [7, 11) is -3.42. The van der Waals surface area contributed by atoms with Crippen molar-refractivity contribution in [1.82, 2.24) is 0 Å². The first-order valence-electron chi connectivity index (χ1n) is 5.14. The first-order valence-corrected chi connectivity index (χ1v) is 7.59. The fourth-order valence-electron chi connectivity index (χ4n) is 1.11. The van der Waals surface area contributed by atoms with Gasteiger partial charge in [0.2, 0.25) is 0 Å². The van der Waals surface area contributed by atoms with E-state index in [1.165, 1.54) is 0 Å². The van der Waals surface area contributed by atoms with E-state index in [4.69, 9.17) is 0 Å². The summed E-state index contributed by atoms with van der Waals surface area (Å²) in [6.07, 6.45) is 0. The van der Waals surface area contributed by atoms with Crippen LogP contribution in [0.2, 0.25) is 0 Å². The Labute approximate surface area is 110 Å². The average molecular weight is 319 g/mol. The average Bonchev–Trinajstić information content (AvgIpc) is 2.16. The molecule has 0 aliphatic heterocycles. The molecule has 1 aromatic rings. The number of sulfone groups is 1. The maximum absolute atomic E-state index is 11.9. The number of carbonyl (C=O) groups excluding carboxylic acids is 1. The minimum Gasteiger partial charge on any atom is -0.293 e. The second-order valence-corrected chi connectivity index (χ2v) is 8.46. The minimum atomic E-state index is -3.42. The number of halogens is 1. The highest BCUT2D eigenvalue weighted by Gasteiger charge is 2.31. The van der Waals surface area contributed by atoms with Crippen LogP contribution in [0.3, 0.4) is 0 Å². The highest BCUT2D eigenvalue weighted by Crippen LogP contribution is 2.18. The Hall–Kier alpha value is -0.680. The molecule has 3 nitrogen and oxygen atoms in total. The summed E-state index contributed by atoms with van der Waals surface area (Å²) in [5, 5.41) is 0. The van der Waals surface area contributed by atoms with Crippen molar-refractivity contribution in [3.63, 3.8) is 0 Å². The van der Waals surface area contributed by atoms with Crippen LogP contribution in [0.4, 0.5) is 0 Å². The molecule has 0 aromatic heterocycles. The summed E-state index contributed by atoms with van der Waals surface area (Å²) in [4.78, 5) is 11.8. The van der Waals surface area contributed by atoms with Gasteiger partial charge in [-0.2, -0.15) is 0 Å². The van der Waals surface area contributed by atoms with E-state index >= 15 is 0 Å². The fourth-order valence-corrected chi connectivity index (χ4v) is 2.32. The van der Waals surface area contributed by atoms with Crippen LogP contribution in [0, 0.1) is 0 Å². The normalized spacial score (nSPS) is 12.5. The Morgan fingerprint density at radius 2 is 1.65 bits per heavy atom. The van der Waals surface area contributed by atoms with E-state index in [0.29, 0.717) is 5.56 Å². The van der Waals surface area contributed by atoms with Gasteiger partial charge in [-0.25, -0.2) is 8.42 Å². The predicted octanol–water partition coefficient (Wildman–Crippen LogP) is 2.85. The molecular formula is C12H15BrO3S. The molecule has 0 bridgehead atoms. The van der Waals surface area contributed by atoms with Crippen LogP contribution in [-0.2, 0) is 9.84 Å². The van der Waals surface area contributed by atoms with Gasteiger partial charge in [0.15, 0.2) is 15.6 Å². The molecule has 17 heavy (non-hydrogen) atoms. The van der Waals surface area contributed by atoms with Gasteiger partial charge in [0.05, 0.1) is 4.75 Å². The van der Waals surface area contributed by atoms with Gasteiger partial charge in [0, 0.05) is 10.0 Å². The number of ketones is 1. The Balaban J connectivity index is 2.91. The van der Waals surface area contributed by atoms with Gasteiger partial charge in [-0.05, 0) is 32.9 Å². The van der Waals surface area contributed by atoms with Gasteiger partial charge in [0.25, 0.3) is 0 Å². The summed E-state index contributed by atoms with van der Waals surface area (Å²) in [6, 6.07) is 6.67. The molecule has 0 saturated heterocycles. The fraction of sp³-hybridized carbons (Fsp3) is 0.417. The third-order valence-electron chi connectivity index (χ3n) is 2.42. The quantitative estimate of drug-likeness (QED) is 0.805. The molecule has 94 valence electrons. The number of rotatable bonds is 3. The minimum absolute atomic E-state index is 0.368. The summed E-state index contributed by atoms with van der Waals surface area (Å²) in [5.74, 6) is -0.814. The lowest BCUT2D eigenvalue weighted by Crippen LogP contribution is -2.33. The lowest BCUT2D eigenvalue weighted by atomic mass is 10.2. The zero-order valence-electron chi connectivity index (χ0n) is 10.0. The van der Waals surface area contributed by atoms with Crippen molar-refractivity contribution in [2.24, 2.45) is 0 Å². The van der Waals surface area contributed by atoms with Crippen LogP contribution < -0.4 is 0 Å². The topological polar surface area (TPSA) is 51.2 Å². The van der Waals surface area contributed by atoms with Gasteiger partial charge in [-0.15, -0.1) is 0 Å². The lowest BCUT2D eigenvalue weighted by Gasteiger charge is -2.18. The van der Waals surface area contributed by atoms with Gasteiger partial charge in [0.1, 0.15) is 5.75 Å². The molecule has 0 N–H and O–H groups in total. The number of hydrogen-bond acceptors (Lipinski definition) is 3.